The second-order valence-corrected chi connectivity index (χ2v) is 12.7. The fourth-order valence-corrected chi connectivity index (χ4v) is 6.67. The molecule has 240 valence electrons. The van der Waals surface area contributed by atoms with Gasteiger partial charge in [0.2, 0.25) is 0 Å². The molecule has 44 heavy (non-hydrogen) atoms. The number of nitrogen functional groups attached to an aromatic ring is 1. The number of aromatic nitrogens is 5. The number of fused-ring (bicyclic) bond motifs is 1. The van der Waals surface area contributed by atoms with Crippen LogP contribution in [-0.4, -0.2) is 105 Å². The van der Waals surface area contributed by atoms with Crippen LogP contribution in [0.2, 0.25) is 0 Å². The first kappa shape index (κ1) is 32.4. The number of carbonyl (C=O) groups excluding carboxylic acids is 1. The van der Waals surface area contributed by atoms with Crippen LogP contribution < -0.4 is 16.0 Å². The summed E-state index contributed by atoms with van der Waals surface area (Å²) in [5.74, 6) is -0.714. The van der Waals surface area contributed by atoms with Gasteiger partial charge < -0.3 is 51.2 Å². The number of nitrogens with zero attached hydrogens (tertiary/aromatic N) is 5. The molecule has 5 unspecified atom stereocenters. The highest BCUT2D eigenvalue weighted by molar-refractivity contribution is 7.61. The lowest BCUT2D eigenvalue weighted by Gasteiger charge is -2.20. The quantitative estimate of drug-likeness (QED) is 0.0747. The summed E-state index contributed by atoms with van der Waals surface area (Å²) in [6.45, 7) is -1.80. The maximum absolute atomic E-state index is 12.4. The third-order valence-corrected chi connectivity index (χ3v) is 9.35. The number of aliphatic hydroxyl groups excluding tert-OH is 4. The second kappa shape index (κ2) is 12.4. The van der Waals surface area contributed by atoms with Gasteiger partial charge in [-0.15, -0.1) is 0 Å². The highest BCUT2D eigenvalue weighted by Crippen LogP contribution is 2.60. The normalized spacial score (nSPS) is 31.6. The van der Waals surface area contributed by atoms with E-state index in [9.17, 15) is 44.1 Å². The largest absolute Gasteiger partial charge is 0.481 e. The van der Waals surface area contributed by atoms with Gasteiger partial charge in [0, 0.05) is 6.07 Å². The molecule has 0 aromatic carbocycles. The number of primary amides is 1. The van der Waals surface area contributed by atoms with Gasteiger partial charge in [-0.25, -0.2) is 24.1 Å². The maximum Gasteiger partial charge on any atom is 0.481 e. The molecule has 23 heteroatoms. The molecule has 10 atom stereocenters. The summed E-state index contributed by atoms with van der Waals surface area (Å²) in [4.78, 5) is 43.3. The van der Waals surface area contributed by atoms with Crippen LogP contribution in [0, 0.1) is 0 Å². The molecule has 0 radical (unpaired) electrons. The zero-order valence-electron chi connectivity index (χ0n) is 22.2. The van der Waals surface area contributed by atoms with Crippen LogP contribution in [-0.2, 0) is 32.0 Å². The number of rotatable bonds is 11. The number of hydrogen-bond donors (Lipinski definition) is 8. The van der Waals surface area contributed by atoms with E-state index in [0.717, 1.165) is 6.33 Å². The lowest BCUT2D eigenvalue weighted by molar-refractivity contribution is -0.765. The number of imidazole rings is 1. The van der Waals surface area contributed by atoms with Crippen molar-refractivity contribution in [1.82, 2.24) is 19.5 Å². The van der Waals surface area contributed by atoms with Gasteiger partial charge in [0.1, 0.15) is 47.9 Å². The summed E-state index contributed by atoms with van der Waals surface area (Å²) >= 11 is 0. The van der Waals surface area contributed by atoms with Crippen LogP contribution >= 0.6 is 15.6 Å². The average Bonchev–Trinajstić information content (AvgIpc) is 3.61. The Morgan fingerprint density at radius 3 is 2.27 bits per heavy atom. The monoisotopic (exact) mass is 664 g/mol. The Bertz CT molecular complexity index is 1630. The minimum atomic E-state index is -5.37. The van der Waals surface area contributed by atoms with E-state index < -0.39 is 83.8 Å². The number of hydrogen-bond acceptors (Lipinski definition) is 16. The van der Waals surface area contributed by atoms with Crippen molar-refractivity contribution < 1.29 is 71.5 Å². The van der Waals surface area contributed by atoms with E-state index in [2.05, 4.69) is 23.8 Å². The van der Waals surface area contributed by atoms with Crippen LogP contribution in [0.4, 0.5) is 5.82 Å². The Morgan fingerprint density at radius 1 is 0.977 bits per heavy atom. The van der Waals surface area contributed by atoms with Gasteiger partial charge >= 0.3 is 15.6 Å². The summed E-state index contributed by atoms with van der Waals surface area (Å²) < 4.78 is 52.0. The predicted octanol–water partition coefficient (Wildman–Crippen LogP) is -3.02. The standard InChI is InChI=1S/C21H27N7O14P2/c22-17-12-19(25-7-24-17)28(8-26-12)21-16(32)14(30)11(41-21)6-39-44(36,37)42-43(34,35)38-5-10-13(29)15(31)20(40-10)27-3-1-2-9(4-27)18(23)33/h1-4,7-8,10-11,13-16,20-21,29-32H,5-6H2,(H5-,22,23,24,25,33,34,35,36,37)/p+1/t10-,11+,13?,14?,15+,16?,20-,21+/m1/s1. The highest BCUT2D eigenvalue weighted by atomic mass is 31.3. The average molecular weight is 664 g/mol. The molecule has 0 aliphatic carbocycles. The maximum atomic E-state index is 12.4. The van der Waals surface area contributed by atoms with Crippen molar-refractivity contribution in [2.75, 3.05) is 18.9 Å². The lowest BCUT2D eigenvalue weighted by Crippen LogP contribution is -2.46. The third kappa shape index (κ3) is 6.65. The minimum absolute atomic E-state index is 0.0505. The number of amides is 1. The van der Waals surface area contributed by atoms with Crippen molar-refractivity contribution in [3.8, 4) is 0 Å². The molecule has 2 saturated heterocycles. The van der Waals surface area contributed by atoms with Crippen LogP contribution in [0.1, 0.15) is 22.8 Å². The third-order valence-electron chi connectivity index (χ3n) is 6.75. The van der Waals surface area contributed by atoms with Crippen molar-refractivity contribution in [2.24, 2.45) is 5.73 Å². The summed E-state index contributed by atoms with van der Waals surface area (Å²) in [6.07, 6.45) is -6.85. The van der Waals surface area contributed by atoms with Gasteiger partial charge in [0.15, 0.2) is 36.2 Å². The van der Waals surface area contributed by atoms with E-state index >= 15 is 0 Å². The first-order valence-corrected chi connectivity index (χ1v) is 15.6. The van der Waals surface area contributed by atoms with Gasteiger partial charge in [-0.1, -0.05) is 0 Å². The predicted molar refractivity (Wildman–Crippen MR) is 139 cm³/mol. The molecule has 0 saturated carbocycles. The van der Waals surface area contributed by atoms with Crippen LogP contribution in [0.25, 0.3) is 11.2 Å². The van der Waals surface area contributed by atoms with E-state index in [1.54, 1.807) is 0 Å². The minimum Gasteiger partial charge on any atom is -0.387 e. The van der Waals surface area contributed by atoms with Gasteiger partial charge in [0.25, 0.3) is 12.1 Å². The number of anilines is 1. The van der Waals surface area contributed by atoms with Gasteiger partial charge in [0.05, 0.1) is 19.5 Å². The molecule has 0 bridgehead atoms. The molecule has 2 fully saturated rings. The first-order chi connectivity index (χ1) is 20.7. The van der Waals surface area contributed by atoms with Crippen LogP contribution in [0.15, 0.2) is 37.2 Å². The molecule has 5 heterocycles. The van der Waals surface area contributed by atoms with Crippen molar-refractivity contribution in [1.29, 1.82) is 0 Å². The number of carbonyl (C=O) groups is 1. The van der Waals surface area contributed by atoms with E-state index in [1.807, 2.05) is 0 Å². The molecule has 3 aromatic rings. The van der Waals surface area contributed by atoms with Crippen molar-refractivity contribution in [3.05, 3.63) is 42.7 Å². The molecule has 5 rings (SSSR count). The molecule has 21 nitrogen and oxygen atoms in total. The first-order valence-electron chi connectivity index (χ1n) is 12.6. The zero-order valence-corrected chi connectivity index (χ0v) is 24.0. The molecule has 3 aromatic heterocycles. The number of phosphoric acid groups is 2. The number of phosphoric ester groups is 2. The topological polar surface area (TPSA) is 318 Å². The van der Waals surface area contributed by atoms with Crippen LogP contribution in [0.3, 0.4) is 0 Å². The number of aliphatic hydroxyl groups is 4. The number of nitrogens with two attached hydrogens (primary N) is 2. The molecular weight excluding hydrogens is 636 g/mol. The summed E-state index contributed by atoms with van der Waals surface area (Å²) in [7, 11) is -10.7. The summed E-state index contributed by atoms with van der Waals surface area (Å²) in [5.41, 5.74) is 11.4. The molecular formula is C21H28N7O14P2+. The van der Waals surface area contributed by atoms with Gasteiger partial charge in [-0.2, -0.15) is 8.88 Å². The Balaban J connectivity index is 1.16. The fourth-order valence-electron chi connectivity index (χ4n) is 4.58. The Kier molecular flexibility index (Phi) is 9.13. The molecule has 10 N–H and O–H groups in total. The Hall–Kier alpha value is -3.01. The van der Waals surface area contributed by atoms with E-state index in [1.165, 1.54) is 40.0 Å². The fraction of sp³-hybridized carbons (Fsp3) is 0.476. The molecule has 2 aliphatic heterocycles. The van der Waals surface area contributed by atoms with Crippen LogP contribution in [0.5, 0.6) is 0 Å². The Morgan fingerprint density at radius 2 is 1.61 bits per heavy atom. The Labute approximate surface area is 246 Å². The van der Waals surface area contributed by atoms with E-state index in [-0.39, 0.29) is 22.5 Å². The van der Waals surface area contributed by atoms with E-state index in [4.69, 9.17) is 25.5 Å². The second-order valence-electron chi connectivity index (χ2n) is 9.69. The summed E-state index contributed by atoms with van der Waals surface area (Å²) in [5, 5.41) is 41.6. The highest BCUT2D eigenvalue weighted by Gasteiger charge is 2.50. The van der Waals surface area contributed by atoms with E-state index in [0.29, 0.717) is 0 Å². The van der Waals surface area contributed by atoms with Crippen molar-refractivity contribution in [3.63, 3.8) is 0 Å². The van der Waals surface area contributed by atoms with Crippen molar-refractivity contribution in [2.45, 2.75) is 49.1 Å². The van der Waals surface area contributed by atoms with Gasteiger partial charge in [-0.05, 0) is 6.07 Å². The number of ether oxygens (including phenoxy) is 2. The number of pyridine rings is 1. The molecule has 0 spiro atoms. The molecule has 1 amide bonds. The van der Waals surface area contributed by atoms with Gasteiger partial charge in [-0.3, -0.25) is 18.4 Å². The van der Waals surface area contributed by atoms with Crippen molar-refractivity contribution >= 4 is 38.5 Å². The lowest BCUT2D eigenvalue weighted by atomic mass is 10.1. The summed E-state index contributed by atoms with van der Waals surface area (Å²) in [6, 6.07) is 2.83. The zero-order chi connectivity index (χ0) is 32.0. The smallest absolute Gasteiger partial charge is 0.387 e. The SMILES string of the molecule is NC(=O)c1ccc[n+]([C@@H]2O[C@H](COP(=O)(O)OP(=O)(O)OC[C@@H]3O[C@H](n4cnc5c(N)ncnc54)C(O)C3O)C(O)[C@@H]2O)c1. The molecule has 2 aliphatic rings.